The van der Waals surface area contributed by atoms with Crippen molar-refractivity contribution in [1.82, 2.24) is 0 Å². The van der Waals surface area contributed by atoms with E-state index >= 15 is 0 Å². The highest BCUT2D eigenvalue weighted by atomic mass is 35.5. The van der Waals surface area contributed by atoms with Gasteiger partial charge in [0, 0.05) is 5.69 Å². The second-order valence-corrected chi connectivity index (χ2v) is 6.91. The normalized spacial score (nSPS) is 11.4. The van der Waals surface area contributed by atoms with Crippen molar-refractivity contribution >= 4 is 56.2 Å². The molecule has 0 amide bonds. The van der Waals surface area contributed by atoms with Crippen LogP contribution >= 0.6 is 34.8 Å². The number of rotatable bonds is 3. The minimum atomic E-state index is -4.05. The van der Waals surface area contributed by atoms with E-state index in [0.29, 0.717) is 5.69 Å². The summed E-state index contributed by atoms with van der Waals surface area (Å²) < 4.78 is 39.8. The van der Waals surface area contributed by atoms with Crippen molar-refractivity contribution in [3.8, 4) is 0 Å². The van der Waals surface area contributed by atoms with Crippen molar-refractivity contribution in [2.24, 2.45) is 0 Å². The van der Waals surface area contributed by atoms with Gasteiger partial charge in [0.05, 0.1) is 20.8 Å². The van der Waals surface area contributed by atoms with Crippen LogP contribution < -0.4 is 10.5 Å². The van der Waals surface area contributed by atoms with E-state index < -0.39 is 15.8 Å². The third kappa shape index (κ3) is 3.52. The van der Waals surface area contributed by atoms with Crippen molar-refractivity contribution in [1.29, 1.82) is 0 Å². The average Bonchev–Trinajstić information content (AvgIpc) is 2.33. The number of anilines is 2. The van der Waals surface area contributed by atoms with Crippen molar-refractivity contribution in [3.05, 3.63) is 51.2 Å². The Hall–Kier alpha value is -1.21. The van der Waals surface area contributed by atoms with E-state index in [-0.39, 0.29) is 25.7 Å². The zero-order valence-electron chi connectivity index (χ0n) is 10.2. The van der Waals surface area contributed by atoms with Crippen LogP contribution in [-0.4, -0.2) is 8.42 Å². The summed E-state index contributed by atoms with van der Waals surface area (Å²) in [5.41, 5.74) is 5.69. The zero-order chi connectivity index (χ0) is 15.8. The molecule has 0 aliphatic heterocycles. The maximum absolute atomic E-state index is 13.1. The molecule has 2 rings (SSSR count). The van der Waals surface area contributed by atoms with Crippen molar-refractivity contribution < 1.29 is 12.8 Å². The SMILES string of the molecule is Nc1ccc(S(=O)(=O)Nc2c(Cl)cc(F)cc2Cl)c(Cl)c1. The van der Waals surface area contributed by atoms with Gasteiger partial charge in [0.2, 0.25) is 0 Å². The Labute approximate surface area is 135 Å². The molecule has 0 bridgehead atoms. The summed E-state index contributed by atoms with van der Waals surface area (Å²) >= 11 is 17.4. The lowest BCUT2D eigenvalue weighted by atomic mass is 10.3. The Morgan fingerprint density at radius 1 is 1.00 bits per heavy atom. The van der Waals surface area contributed by atoms with Crippen LogP contribution in [0, 0.1) is 5.82 Å². The standard InChI is InChI=1S/C12H8Cl3FN2O2S/c13-8-5-7(17)1-2-11(8)21(19,20)18-12-9(14)3-6(16)4-10(12)15/h1-5,18H,17H2. The molecule has 0 aliphatic carbocycles. The van der Waals surface area contributed by atoms with Gasteiger partial charge in [0.15, 0.2) is 0 Å². The number of nitrogen functional groups attached to an aromatic ring is 1. The molecule has 3 N–H and O–H groups in total. The van der Waals surface area contributed by atoms with Gasteiger partial charge in [-0.25, -0.2) is 12.8 Å². The first-order valence-electron chi connectivity index (χ1n) is 5.43. The highest BCUT2D eigenvalue weighted by Gasteiger charge is 2.21. The van der Waals surface area contributed by atoms with Crippen LogP contribution in [0.1, 0.15) is 0 Å². The Morgan fingerprint density at radius 2 is 1.57 bits per heavy atom. The molecule has 2 aromatic rings. The molecule has 112 valence electrons. The van der Waals surface area contributed by atoms with Crippen LogP contribution in [-0.2, 0) is 10.0 Å². The molecule has 4 nitrogen and oxygen atoms in total. The number of benzene rings is 2. The third-order valence-electron chi connectivity index (χ3n) is 2.49. The summed E-state index contributed by atoms with van der Waals surface area (Å²) in [6, 6.07) is 5.80. The fourth-order valence-electron chi connectivity index (χ4n) is 1.56. The van der Waals surface area contributed by atoms with Crippen LogP contribution in [0.25, 0.3) is 0 Å². The molecule has 0 saturated heterocycles. The Balaban J connectivity index is 2.47. The van der Waals surface area contributed by atoms with Crippen LogP contribution in [0.2, 0.25) is 15.1 Å². The van der Waals surface area contributed by atoms with Crippen molar-refractivity contribution in [3.63, 3.8) is 0 Å². The zero-order valence-corrected chi connectivity index (χ0v) is 13.3. The van der Waals surface area contributed by atoms with E-state index in [9.17, 15) is 12.8 Å². The van der Waals surface area contributed by atoms with Gasteiger partial charge in [-0.15, -0.1) is 0 Å². The molecule has 0 saturated carbocycles. The average molecular weight is 370 g/mol. The van der Waals surface area contributed by atoms with E-state index in [1.807, 2.05) is 0 Å². The molecule has 0 fully saturated rings. The predicted octanol–water partition coefficient (Wildman–Crippen LogP) is 4.17. The molecule has 0 radical (unpaired) electrons. The minimum Gasteiger partial charge on any atom is -0.399 e. The molecule has 9 heteroatoms. The topological polar surface area (TPSA) is 72.2 Å². The van der Waals surface area contributed by atoms with E-state index in [4.69, 9.17) is 40.5 Å². The molecular weight excluding hydrogens is 362 g/mol. The summed E-state index contributed by atoms with van der Waals surface area (Å²) in [6.45, 7) is 0. The van der Waals surface area contributed by atoms with Gasteiger partial charge in [-0.05, 0) is 30.3 Å². The third-order valence-corrected chi connectivity index (χ3v) is 4.92. The second kappa shape index (κ2) is 5.88. The number of sulfonamides is 1. The quantitative estimate of drug-likeness (QED) is 0.798. The number of hydrogen-bond donors (Lipinski definition) is 2. The molecule has 2 aromatic carbocycles. The molecule has 0 aliphatic rings. The summed E-state index contributed by atoms with van der Waals surface area (Å²) in [6.07, 6.45) is 0. The Bertz CT molecular complexity index is 789. The number of nitrogens with two attached hydrogens (primary N) is 1. The molecule has 0 aromatic heterocycles. The Kier molecular flexibility index (Phi) is 4.53. The fourth-order valence-corrected chi connectivity index (χ4v) is 3.89. The van der Waals surface area contributed by atoms with Gasteiger partial charge in [-0.2, -0.15) is 0 Å². The lowest BCUT2D eigenvalue weighted by molar-refractivity contribution is 0.601. The molecule has 0 atom stereocenters. The van der Waals surface area contributed by atoms with Gasteiger partial charge >= 0.3 is 0 Å². The lowest BCUT2D eigenvalue weighted by Gasteiger charge is -2.12. The predicted molar refractivity (Wildman–Crippen MR) is 83.1 cm³/mol. The van der Waals surface area contributed by atoms with Gasteiger partial charge in [0.25, 0.3) is 10.0 Å². The molecular formula is C12H8Cl3FN2O2S. The van der Waals surface area contributed by atoms with Crippen LogP contribution in [0.3, 0.4) is 0 Å². The number of halogens is 4. The van der Waals surface area contributed by atoms with E-state index in [0.717, 1.165) is 12.1 Å². The van der Waals surface area contributed by atoms with Gasteiger partial charge in [-0.1, -0.05) is 34.8 Å². The maximum Gasteiger partial charge on any atom is 0.263 e. The van der Waals surface area contributed by atoms with Gasteiger partial charge < -0.3 is 5.73 Å². The Morgan fingerprint density at radius 3 is 2.10 bits per heavy atom. The van der Waals surface area contributed by atoms with Crippen LogP contribution in [0.15, 0.2) is 35.2 Å². The summed E-state index contributed by atoms with van der Waals surface area (Å²) in [5.74, 6) is -0.682. The monoisotopic (exact) mass is 368 g/mol. The van der Waals surface area contributed by atoms with Crippen LogP contribution in [0.5, 0.6) is 0 Å². The first-order chi connectivity index (χ1) is 9.70. The van der Waals surface area contributed by atoms with E-state index in [2.05, 4.69) is 4.72 Å². The highest BCUT2D eigenvalue weighted by Crippen LogP contribution is 2.34. The number of hydrogen-bond acceptors (Lipinski definition) is 3. The maximum atomic E-state index is 13.1. The second-order valence-electron chi connectivity index (χ2n) is 4.04. The van der Waals surface area contributed by atoms with E-state index in [1.54, 1.807) is 0 Å². The molecule has 21 heavy (non-hydrogen) atoms. The first kappa shape index (κ1) is 16.2. The summed E-state index contributed by atoms with van der Waals surface area (Å²) in [5, 5.41) is -0.401. The molecule has 0 unspecified atom stereocenters. The van der Waals surface area contributed by atoms with E-state index in [1.165, 1.54) is 18.2 Å². The largest absolute Gasteiger partial charge is 0.399 e. The summed E-state index contributed by atoms with van der Waals surface area (Å²) in [7, 11) is -4.05. The molecule has 0 heterocycles. The fraction of sp³-hybridized carbons (Fsp3) is 0. The van der Waals surface area contributed by atoms with Gasteiger partial charge in [-0.3, -0.25) is 4.72 Å². The minimum absolute atomic E-state index is 0.0585. The van der Waals surface area contributed by atoms with Gasteiger partial charge in [0.1, 0.15) is 10.7 Å². The summed E-state index contributed by atoms with van der Waals surface area (Å²) in [4.78, 5) is -0.199. The van der Waals surface area contributed by atoms with Crippen molar-refractivity contribution in [2.45, 2.75) is 4.90 Å². The number of nitrogens with one attached hydrogen (secondary N) is 1. The first-order valence-corrected chi connectivity index (χ1v) is 8.05. The highest BCUT2D eigenvalue weighted by molar-refractivity contribution is 7.92. The molecule has 0 spiro atoms. The lowest BCUT2D eigenvalue weighted by Crippen LogP contribution is -2.14. The smallest absolute Gasteiger partial charge is 0.263 e. The van der Waals surface area contributed by atoms with Crippen molar-refractivity contribution in [2.75, 3.05) is 10.5 Å². The van der Waals surface area contributed by atoms with Crippen LogP contribution in [0.4, 0.5) is 15.8 Å².